The molecule has 2 rings (SSSR count). The lowest BCUT2D eigenvalue weighted by Gasteiger charge is -2.30. The van der Waals surface area contributed by atoms with Gasteiger partial charge in [0.05, 0.1) is 25.8 Å². The van der Waals surface area contributed by atoms with Crippen molar-refractivity contribution in [3.05, 3.63) is 27.0 Å². The van der Waals surface area contributed by atoms with E-state index in [4.69, 9.17) is 4.74 Å². The van der Waals surface area contributed by atoms with Crippen LogP contribution >= 0.6 is 0 Å². The molecule has 0 radical (unpaired) electrons. The van der Waals surface area contributed by atoms with Crippen molar-refractivity contribution in [3.63, 3.8) is 0 Å². The Kier molecular flexibility index (Phi) is 7.26. The Balaban J connectivity index is 2.21. The molecule has 1 aromatic rings. The van der Waals surface area contributed by atoms with Crippen LogP contribution in [-0.2, 0) is 14.3 Å². The summed E-state index contributed by atoms with van der Waals surface area (Å²) in [4.78, 5) is 47.9. The van der Waals surface area contributed by atoms with E-state index in [1.807, 2.05) is 10.9 Å². The van der Waals surface area contributed by atoms with Crippen molar-refractivity contribution in [1.29, 1.82) is 0 Å². The van der Waals surface area contributed by atoms with Crippen LogP contribution in [0, 0.1) is 11.8 Å². The summed E-state index contributed by atoms with van der Waals surface area (Å²) < 4.78 is 42.9. The fourth-order valence-electron chi connectivity index (χ4n) is 2.77. The third-order valence-corrected chi connectivity index (χ3v) is 4.41. The van der Waals surface area contributed by atoms with Gasteiger partial charge >= 0.3 is 17.6 Å². The Morgan fingerprint density at radius 3 is 2.68 bits per heavy atom. The molecule has 3 atom stereocenters. The van der Waals surface area contributed by atoms with Crippen LogP contribution in [0.5, 0.6) is 0 Å². The van der Waals surface area contributed by atoms with Crippen LogP contribution in [0.3, 0.4) is 0 Å². The minimum atomic E-state index is -5.10. The number of ether oxygens (including phenoxy) is 1. The molecule has 0 spiro atoms. The van der Waals surface area contributed by atoms with Gasteiger partial charge in [0.25, 0.3) is 5.56 Å². The summed E-state index contributed by atoms with van der Waals surface area (Å²) in [6.07, 6.45) is -6.69. The van der Waals surface area contributed by atoms with Crippen LogP contribution in [0.2, 0.25) is 0 Å². The van der Waals surface area contributed by atoms with Gasteiger partial charge in [-0.25, -0.2) is 4.79 Å². The number of hydrogen-bond donors (Lipinski definition) is 5. The molecule has 1 saturated heterocycles. The molecule has 0 unspecified atom stereocenters. The normalized spacial score (nSPS) is 23.0. The summed E-state index contributed by atoms with van der Waals surface area (Å²) in [6, 6.07) is 0. The fraction of sp³-hybridized carbons (Fsp3) is 0.529. The minimum Gasteiger partial charge on any atom is -0.393 e. The minimum absolute atomic E-state index is 0.175. The van der Waals surface area contributed by atoms with Crippen molar-refractivity contribution >= 4 is 17.4 Å². The van der Waals surface area contributed by atoms with E-state index < -0.39 is 60.2 Å². The number of aromatic nitrogens is 2. The van der Waals surface area contributed by atoms with E-state index in [2.05, 4.69) is 10.6 Å². The molecule has 14 heteroatoms. The number of nitrogens with one attached hydrogen (secondary N) is 3. The number of rotatable bonds is 6. The van der Waals surface area contributed by atoms with E-state index in [-0.39, 0.29) is 18.7 Å². The molecular formula is C17H19F3N4O7. The van der Waals surface area contributed by atoms with Gasteiger partial charge in [0.15, 0.2) is 0 Å². The SMILES string of the molecule is CC(=O)NC[C@]1(CO)O[C@@H](n2cc(NCC#CC(=O)C(F)(F)F)c(=O)[nH]c2=O)C[C@@H]1O. The highest BCUT2D eigenvalue weighted by Gasteiger charge is 2.49. The lowest BCUT2D eigenvalue weighted by atomic mass is 9.97. The van der Waals surface area contributed by atoms with Gasteiger partial charge < -0.3 is 25.6 Å². The molecule has 1 aromatic heterocycles. The molecule has 0 aliphatic carbocycles. The van der Waals surface area contributed by atoms with E-state index in [9.17, 15) is 42.6 Å². The number of carbonyl (C=O) groups excluding carboxylic acids is 2. The fourth-order valence-corrected chi connectivity index (χ4v) is 2.77. The topological polar surface area (TPSA) is 163 Å². The Morgan fingerprint density at radius 1 is 1.42 bits per heavy atom. The maximum Gasteiger partial charge on any atom is 0.462 e. The summed E-state index contributed by atoms with van der Waals surface area (Å²) >= 11 is 0. The summed E-state index contributed by atoms with van der Waals surface area (Å²) in [7, 11) is 0. The monoisotopic (exact) mass is 448 g/mol. The molecule has 2 heterocycles. The second-order valence-electron chi connectivity index (χ2n) is 6.65. The van der Waals surface area contributed by atoms with E-state index in [0.29, 0.717) is 0 Å². The molecule has 11 nitrogen and oxygen atoms in total. The van der Waals surface area contributed by atoms with Gasteiger partial charge in [0.2, 0.25) is 5.91 Å². The first-order valence-electron chi connectivity index (χ1n) is 8.80. The summed E-state index contributed by atoms with van der Waals surface area (Å²) in [5.41, 5.74) is -3.69. The zero-order chi connectivity index (χ0) is 23.4. The molecular weight excluding hydrogens is 429 g/mol. The van der Waals surface area contributed by atoms with Crippen molar-refractivity contribution in [3.8, 4) is 11.8 Å². The third-order valence-electron chi connectivity index (χ3n) is 4.41. The maximum atomic E-state index is 12.2. The van der Waals surface area contributed by atoms with Gasteiger partial charge in [-0.15, -0.1) is 0 Å². The Morgan fingerprint density at radius 2 is 2.10 bits per heavy atom. The molecule has 0 saturated carbocycles. The molecule has 1 aliphatic rings. The quantitative estimate of drug-likeness (QED) is 0.252. The number of aliphatic hydroxyl groups is 2. The van der Waals surface area contributed by atoms with Gasteiger partial charge in [0.1, 0.15) is 17.5 Å². The lowest BCUT2D eigenvalue weighted by Crippen LogP contribution is -2.52. The van der Waals surface area contributed by atoms with Crippen molar-refractivity contribution in [2.75, 3.05) is 25.0 Å². The highest BCUT2D eigenvalue weighted by atomic mass is 19.4. The Labute approximate surface area is 172 Å². The summed E-state index contributed by atoms with van der Waals surface area (Å²) in [6.45, 7) is -0.223. The van der Waals surface area contributed by atoms with E-state index >= 15 is 0 Å². The number of amides is 1. The highest BCUT2D eigenvalue weighted by Crippen LogP contribution is 2.35. The number of aliphatic hydroxyl groups excluding tert-OH is 2. The van der Waals surface area contributed by atoms with Crippen LogP contribution in [0.25, 0.3) is 0 Å². The number of Topliss-reactive ketones (excluding diaryl/α,β-unsaturated/α-hetero) is 1. The molecule has 1 fully saturated rings. The largest absolute Gasteiger partial charge is 0.462 e. The standard InChI is InChI=1S/C17H19F3N4O7/c1-9(26)22-7-16(8-25)12(28)5-13(31-16)24-6-10(14(29)23-15(24)30)21-4-2-3-11(27)17(18,19)20/h6,12-13,21,25,28H,4-5,7-8H2,1H3,(H,22,26)(H,23,29,30)/t12-,13+,16+/m0/s1. The van der Waals surface area contributed by atoms with Crippen LogP contribution < -0.4 is 21.9 Å². The number of aromatic amines is 1. The van der Waals surface area contributed by atoms with E-state index in [1.165, 1.54) is 12.8 Å². The number of H-pyrrole nitrogens is 1. The molecule has 0 aromatic carbocycles. The summed E-state index contributed by atoms with van der Waals surface area (Å²) in [5.74, 6) is 0.587. The second kappa shape index (κ2) is 9.33. The third kappa shape index (κ3) is 5.72. The first kappa shape index (κ1) is 24.1. The van der Waals surface area contributed by atoms with Gasteiger partial charge in [-0.1, -0.05) is 5.92 Å². The van der Waals surface area contributed by atoms with Gasteiger partial charge in [0, 0.05) is 19.5 Å². The van der Waals surface area contributed by atoms with Crippen LogP contribution in [-0.4, -0.2) is 69.0 Å². The molecule has 170 valence electrons. The maximum absolute atomic E-state index is 12.2. The second-order valence-corrected chi connectivity index (χ2v) is 6.65. The zero-order valence-corrected chi connectivity index (χ0v) is 16.1. The average Bonchev–Trinajstić information content (AvgIpc) is 3.00. The first-order valence-corrected chi connectivity index (χ1v) is 8.80. The first-order chi connectivity index (χ1) is 14.4. The highest BCUT2D eigenvalue weighted by molar-refractivity contribution is 5.99. The van der Waals surface area contributed by atoms with Crippen molar-refractivity contribution < 1.29 is 37.7 Å². The molecule has 1 aliphatic heterocycles. The van der Waals surface area contributed by atoms with Gasteiger partial charge in [-0.2, -0.15) is 13.2 Å². The Hall–Kier alpha value is -3.15. The number of hydrogen-bond acceptors (Lipinski definition) is 8. The van der Waals surface area contributed by atoms with E-state index in [1.54, 1.807) is 0 Å². The number of anilines is 1. The van der Waals surface area contributed by atoms with E-state index in [0.717, 1.165) is 10.8 Å². The summed E-state index contributed by atoms with van der Waals surface area (Å²) in [5, 5.41) is 24.8. The predicted molar refractivity (Wildman–Crippen MR) is 97.9 cm³/mol. The predicted octanol–water partition coefficient (Wildman–Crippen LogP) is -1.77. The van der Waals surface area contributed by atoms with Gasteiger partial charge in [-0.3, -0.25) is 23.9 Å². The number of alkyl halides is 3. The van der Waals surface area contributed by atoms with Crippen molar-refractivity contribution in [2.45, 2.75) is 37.5 Å². The molecule has 1 amide bonds. The number of carbonyl (C=O) groups is 2. The smallest absolute Gasteiger partial charge is 0.393 e. The average molecular weight is 448 g/mol. The van der Waals surface area contributed by atoms with Crippen LogP contribution in [0.4, 0.5) is 18.9 Å². The van der Waals surface area contributed by atoms with Crippen molar-refractivity contribution in [2.24, 2.45) is 0 Å². The van der Waals surface area contributed by atoms with Crippen LogP contribution in [0.15, 0.2) is 15.8 Å². The molecule has 5 N–H and O–H groups in total. The molecule has 31 heavy (non-hydrogen) atoms. The lowest BCUT2D eigenvalue weighted by molar-refractivity contribution is -0.164. The van der Waals surface area contributed by atoms with Crippen LogP contribution in [0.1, 0.15) is 19.6 Å². The Bertz CT molecular complexity index is 1020. The zero-order valence-electron chi connectivity index (χ0n) is 16.1. The molecule has 0 bridgehead atoms. The van der Waals surface area contributed by atoms with Crippen molar-refractivity contribution in [1.82, 2.24) is 14.9 Å². The number of halogens is 3. The number of ketones is 1. The number of nitrogens with zero attached hydrogens (tertiary/aromatic N) is 1. The van der Waals surface area contributed by atoms with Gasteiger partial charge in [-0.05, 0) is 5.92 Å².